The molecule has 31 heavy (non-hydrogen) atoms. The molecule has 2 amide bonds. The number of likely N-dealkylation sites (N-methyl/N-ethyl adjacent to an activating group) is 1. The van der Waals surface area contributed by atoms with Crippen molar-refractivity contribution in [2.45, 2.75) is 13.8 Å². The lowest BCUT2D eigenvalue weighted by molar-refractivity contribution is -0.140. The maximum atomic E-state index is 13.0. The number of para-hydroxylation sites is 1. The van der Waals surface area contributed by atoms with E-state index in [-0.39, 0.29) is 12.1 Å². The maximum absolute atomic E-state index is 13.0. The van der Waals surface area contributed by atoms with Crippen LogP contribution in [0.2, 0.25) is 0 Å². The Hall–Kier alpha value is -4.24. The highest BCUT2D eigenvalue weighted by molar-refractivity contribution is 6.19. The van der Waals surface area contributed by atoms with E-state index in [9.17, 15) is 14.9 Å². The Bertz CT molecular complexity index is 1260. The van der Waals surface area contributed by atoms with Crippen molar-refractivity contribution in [1.29, 1.82) is 5.26 Å². The molecule has 0 bridgehead atoms. The summed E-state index contributed by atoms with van der Waals surface area (Å²) in [6, 6.07) is 21.3. The zero-order valence-electron chi connectivity index (χ0n) is 17.2. The highest BCUT2D eigenvalue weighted by Crippen LogP contribution is 2.30. The highest BCUT2D eigenvalue weighted by Gasteiger charge is 2.34. The minimum absolute atomic E-state index is 0.00980. The molecule has 6 nitrogen and oxygen atoms in total. The number of nitriles is 1. The summed E-state index contributed by atoms with van der Waals surface area (Å²) < 4.78 is 1.76. The summed E-state index contributed by atoms with van der Waals surface area (Å²) >= 11 is 0. The number of hydrogen-bond donors (Lipinski definition) is 0. The van der Waals surface area contributed by atoms with Crippen LogP contribution < -0.4 is 0 Å². The van der Waals surface area contributed by atoms with Gasteiger partial charge >= 0.3 is 0 Å². The minimum atomic E-state index is -0.548. The molecule has 1 aliphatic heterocycles. The van der Waals surface area contributed by atoms with Gasteiger partial charge in [-0.05, 0) is 37.6 Å². The Morgan fingerprint density at radius 2 is 1.65 bits per heavy atom. The van der Waals surface area contributed by atoms with Crippen molar-refractivity contribution < 1.29 is 9.59 Å². The third kappa shape index (κ3) is 3.58. The van der Waals surface area contributed by atoms with Gasteiger partial charge in [0, 0.05) is 29.4 Å². The number of carbonyl (C=O) groups excluding carboxylic acids is 2. The summed E-state index contributed by atoms with van der Waals surface area (Å²) in [7, 11) is 0. The number of nitrogens with zero attached hydrogens (tertiary/aromatic N) is 4. The lowest BCUT2D eigenvalue weighted by Crippen LogP contribution is -2.42. The van der Waals surface area contributed by atoms with Crippen molar-refractivity contribution in [2.24, 2.45) is 0 Å². The van der Waals surface area contributed by atoms with Crippen LogP contribution in [0.25, 0.3) is 23.0 Å². The van der Waals surface area contributed by atoms with Gasteiger partial charge in [0.05, 0.1) is 11.4 Å². The summed E-state index contributed by atoms with van der Waals surface area (Å²) in [4.78, 5) is 26.6. The molecule has 0 saturated heterocycles. The van der Waals surface area contributed by atoms with Crippen molar-refractivity contribution in [3.05, 3.63) is 89.1 Å². The number of carbonyl (C=O) groups is 2. The second-order valence-corrected chi connectivity index (χ2v) is 7.10. The quantitative estimate of drug-likeness (QED) is 0.480. The number of benzene rings is 2. The van der Waals surface area contributed by atoms with Crippen LogP contribution in [0.4, 0.5) is 0 Å². The van der Waals surface area contributed by atoms with Gasteiger partial charge in [-0.1, -0.05) is 48.5 Å². The molecule has 0 unspecified atom stereocenters. The van der Waals surface area contributed by atoms with Crippen LogP contribution in [0.15, 0.2) is 83.6 Å². The molecule has 152 valence electrons. The summed E-state index contributed by atoms with van der Waals surface area (Å²) in [5, 5.41) is 14.2. The molecule has 0 atom stereocenters. The van der Waals surface area contributed by atoms with Crippen LogP contribution in [0.5, 0.6) is 0 Å². The van der Waals surface area contributed by atoms with Crippen LogP contribution in [-0.4, -0.2) is 33.0 Å². The molecule has 1 aromatic heterocycles. The molecule has 6 heteroatoms. The molecule has 2 aromatic carbocycles. The molecule has 0 aliphatic carbocycles. The van der Waals surface area contributed by atoms with Gasteiger partial charge in [-0.3, -0.25) is 14.5 Å². The molecular weight excluding hydrogens is 388 g/mol. The lowest BCUT2D eigenvalue weighted by Gasteiger charge is -2.26. The smallest absolute Gasteiger partial charge is 0.271 e. The average Bonchev–Trinajstić information content (AvgIpc) is 3.22. The molecule has 0 saturated carbocycles. The normalized spacial score (nSPS) is 15.5. The number of imide groups is 1. The Labute approximate surface area is 180 Å². The van der Waals surface area contributed by atoms with Gasteiger partial charge < -0.3 is 0 Å². The van der Waals surface area contributed by atoms with Crippen molar-refractivity contribution in [3.8, 4) is 23.0 Å². The first kappa shape index (κ1) is 20.0. The highest BCUT2D eigenvalue weighted by atomic mass is 16.2. The predicted molar refractivity (Wildman–Crippen MR) is 118 cm³/mol. The zero-order chi connectivity index (χ0) is 22.0. The van der Waals surface area contributed by atoms with Crippen molar-refractivity contribution in [3.63, 3.8) is 0 Å². The second kappa shape index (κ2) is 8.25. The first-order chi connectivity index (χ1) is 15.0. The van der Waals surface area contributed by atoms with E-state index in [1.54, 1.807) is 24.6 Å². The Kier molecular flexibility index (Phi) is 5.33. The number of aromatic nitrogens is 2. The third-order valence-corrected chi connectivity index (χ3v) is 5.25. The molecule has 1 aliphatic rings. The predicted octanol–water partition coefficient (Wildman–Crippen LogP) is 4.15. The van der Waals surface area contributed by atoms with Gasteiger partial charge in [0.2, 0.25) is 0 Å². The second-order valence-electron chi connectivity index (χ2n) is 7.10. The third-order valence-electron chi connectivity index (χ3n) is 5.25. The van der Waals surface area contributed by atoms with Gasteiger partial charge in [-0.15, -0.1) is 0 Å². The van der Waals surface area contributed by atoms with E-state index in [1.165, 1.54) is 0 Å². The molecule has 2 heterocycles. The van der Waals surface area contributed by atoms with E-state index >= 15 is 0 Å². The van der Waals surface area contributed by atoms with Crippen LogP contribution >= 0.6 is 0 Å². The van der Waals surface area contributed by atoms with E-state index in [2.05, 4.69) is 0 Å². The number of amides is 2. The maximum Gasteiger partial charge on any atom is 0.271 e. The van der Waals surface area contributed by atoms with Gasteiger partial charge in [0.1, 0.15) is 11.6 Å². The van der Waals surface area contributed by atoms with Crippen molar-refractivity contribution >= 4 is 17.9 Å². The SMILES string of the molecule is CCN1C(=O)C(C#N)=C(C)/C(=C\c2cn(-c3ccccc3)nc2-c2ccccc2)C1=O. The minimum Gasteiger partial charge on any atom is -0.274 e. The molecule has 0 N–H and O–H groups in total. The fourth-order valence-corrected chi connectivity index (χ4v) is 3.60. The monoisotopic (exact) mass is 408 g/mol. The standard InChI is InChI=1S/C25H20N4O2/c1-3-28-24(30)21(17(2)22(15-26)25(28)31)14-19-16-29(20-12-8-5-9-13-20)27-23(19)18-10-6-4-7-11-18/h4-14,16H,3H2,1-2H3/b21-14+. The van der Waals surface area contributed by atoms with Crippen LogP contribution in [0, 0.1) is 11.3 Å². The average molecular weight is 408 g/mol. The molecule has 3 aromatic rings. The van der Waals surface area contributed by atoms with E-state index < -0.39 is 11.8 Å². The van der Waals surface area contributed by atoms with Gasteiger partial charge in [-0.25, -0.2) is 4.68 Å². The van der Waals surface area contributed by atoms with Crippen molar-refractivity contribution in [1.82, 2.24) is 14.7 Å². The topological polar surface area (TPSA) is 79.0 Å². The molecule has 0 spiro atoms. The summed E-state index contributed by atoms with van der Waals surface area (Å²) in [5.74, 6) is -0.955. The fraction of sp³-hybridized carbons (Fsp3) is 0.120. The lowest BCUT2D eigenvalue weighted by atomic mass is 9.93. The van der Waals surface area contributed by atoms with E-state index in [4.69, 9.17) is 5.10 Å². The molecule has 4 rings (SSSR count). The van der Waals surface area contributed by atoms with Gasteiger partial charge in [0.25, 0.3) is 11.8 Å². The first-order valence-corrected chi connectivity index (χ1v) is 9.95. The Morgan fingerprint density at radius 3 is 2.26 bits per heavy atom. The molecule has 0 fully saturated rings. The number of rotatable bonds is 4. The van der Waals surface area contributed by atoms with Gasteiger partial charge in [0.15, 0.2) is 0 Å². The summed E-state index contributed by atoms with van der Waals surface area (Å²) in [5.41, 5.74) is 3.91. The van der Waals surface area contributed by atoms with Crippen LogP contribution in [0.1, 0.15) is 19.4 Å². The molecular formula is C25H20N4O2. The van der Waals surface area contributed by atoms with Crippen LogP contribution in [-0.2, 0) is 9.59 Å². The summed E-state index contributed by atoms with van der Waals surface area (Å²) in [6.45, 7) is 3.55. The first-order valence-electron chi connectivity index (χ1n) is 9.95. The fourth-order valence-electron chi connectivity index (χ4n) is 3.60. The number of hydrogen-bond acceptors (Lipinski definition) is 4. The van der Waals surface area contributed by atoms with Crippen molar-refractivity contribution in [2.75, 3.05) is 6.54 Å². The largest absolute Gasteiger partial charge is 0.274 e. The summed E-state index contributed by atoms with van der Waals surface area (Å²) in [6.07, 6.45) is 3.57. The van der Waals surface area contributed by atoms with E-state index in [0.717, 1.165) is 21.7 Å². The van der Waals surface area contributed by atoms with E-state index in [0.29, 0.717) is 16.8 Å². The Balaban J connectivity index is 1.93. The van der Waals surface area contributed by atoms with E-state index in [1.807, 2.05) is 72.9 Å². The van der Waals surface area contributed by atoms with Gasteiger partial charge in [-0.2, -0.15) is 10.4 Å². The Morgan fingerprint density at radius 1 is 1.00 bits per heavy atom. The van der Waals surface area contributed by atoms with Crippen LogP contribution in [0.3, 0.4) is 0 Å². The molecule has 0 radical (unpaired) electrons. The zero-order valence-corrected chi connectivity index (χ0v) is 17.2.